The van der Waals surface area contributed by atoms with E-state index in [-0.39, 0.29) is 0 Å². The Morgan fingerprint density at radius 2 is 1.44 bits per heavy atom. The van der Waals surface area contributed by atoms with Crippen molar-refractivity contribution in [2.45, 2.75) is 52.0 Å². The lowest BCUT2D eigenvalue weighted by molar-refractivity contribution is -0.0246. The third kappa shape index (κ3) is 3.46. The highest BCUT2D eigenvalue weighted by atomic mass is 15.2. The molecule has 0 radical (unpaired) electrons. The first-order chi connectivity index (χ1) is 8.79. The molecule has 2 heterocycles. The van der Waals surface area contributed by atoms with Crippen LogP contribution in [0.1, 0.15) is 46.0 Å². The van der Waals surface area contributed by atoms with E-state index >= 15 is 0 Å². The Hall–Kier alpha value is -0.120. The second-order valence-corrected chi connectivity index (χ2v) is 6.31. The molecule has 0 aromatic rings. The van der Waals surface area contributed by atoms with Crippen molar-refractivity contribution in [3.63, 3.8) is 0 Å². The average Bonchev–Trinajstić information content (AvgIpc) is 2.39. The van der Waals surface area contributed by atoms with E-state index in [0.29, 0.717) is 0 Å². The molecule has 2 aliphatic heterocycles. The van der Waals surface area contributed by atoms with Crippen molar-refractivity contribution in [3.8, 4) is 0 Å². The van der Waals surface area contributed by atoms with Gasteiger partial charge >= 0.3 is 0 Å². The minimum Gasteiger partial charge on any atom is -0.317 e. The molecule has 18 heavy (non-hydrogen) atoms. The van der Waals surface area contributed by atoms with Gasteiger partial charge in [-0.2, -0.15) is 0 Å². The second kappa shape index (κ2) is 6.88. The summed E-state index contributed by atoms with van der Waals surface area (Å²) in [5, 5.41) is 6.92. The third-order valence-electron chi connectivity index (χ3n) is 4.67. The van der Waals surface area contributed by atoms with E-state index in [1.54, 1.807) is 0 Å². The molecule has 1 saturated carbocycles. The van der Waals surface area contributed by atoms with Gasteiger partial charge in [-0.25, -0.2) is 0 Å². The molecule has 0 unspecified atom stereocenters. The van der Waals surface area contributed by atoms with Gasteiger partial charge in [-0.15, -0.1) is 0 Å². The number of piperazine rings is 1. The summed E-state index contributed by atoms with van der Waals surface area (Å²) in [6.45, 7) is 11.7. The first kappa shape index (κ1) is 14.3. The maximum atomic E-state index is 3.48. The van der Waals surface area contributed by atoms with Crippen LogP contribution in [-0.2, 0) is 0 Å². The van der Waals surface area contributed by atoms with Gasteiger partial charge in [0.25, 0.3) is 0 Å². The Bertz CT molecular complexity index is 222. The van der Waals surface area contributed by atoms with Crippen LogP contribution in [0.4, 0.5) is 0 Å². The molecule has 3 aliphatic rings. The van der Waals surface area contributed by atoms with Gasteiger partial charge in [0.2, 0.25) is 0 Å². The summed E-state index contributed by atoms with van der Waals surface area (Å²) in [6, 6.07) is 0.921. The maximum absolute atomic E-state index is 3.48. The van der Waals surface area contributed by atoms with Crippen molar-refractivity contribution < 1.29 is 0 Å². The smallest absolute Gasteiger partial charge is 0.0110 e. The molecule has 3 nitrogen and oxygen atoms in total. The molecule has 3 heteroatoms. The normalized spacial score (nSPS) is 28.3. The number of hydrogen-bond donors (Lipinski definition) is 2. The highest BCUT2D eigenvalue weighted by molar-refractivity contribution is 5.01. The predicted molar refractivity (Wildman–Crippen MR) is 78.0 cm³/mol. The molecule has 0 aromatic heterocycles. The monoisotopic (exact) mass is 253 g/mol. The molecule has 3 fully saturated rings. The minimum absolute atomic E-state index is 0.751. The minimum atomic E-state index is 0.751. The lowest BCUT2D eigenvalue weighted by Gasteiger charge is -2.54. The van der Waals surface area contributed by atoms with Crippen molar-refractivity contribution in [2.24, 2.45) is 5.41 Å². The Labute approximate surface area is 113 Å². The van der Waals surface area contributed by atoms with Crippen molar-refractivity contribution in [3.05, 3.63) is 0 Å². The second-order valence-electron chi connectivity index (χ2n) is 6.31. The highest BCUT2D eigenvalue weighted by Crippen LogP contribution is 2.49. The molecule has 1 aliphatic carbocycles. The van der Waals surface area contributed by atoms with Crippen LogP contribution >= 0.6 is 0 Å². The number of nitrogens with zero attached hydrogens (tertiary/aromatic N) is 1. The molecular formula is C15H31N3. The number of piperidine rings is 1. The van der Waals surface area contributed by atoms with Gasteiger partial charge in [0, 0.05) is 32.2 Å². The van der Waals surface area contributed by atoms with Gasteiger partial charge in [-0.05, 0) is 44.2 Å². The summed E-state index contributed by atoms with van der Waals surface area (Å²) >= 11 is 0. The number of nitrogens with one attached hydrogen (secondary N) is 2. The Morgan fingerprint density at radius 3 is 2.00 bits per heavy atom. The van der Waals surface area contributed by atoms with E-state index in [9.17, 15) is 0 Å². The van der Waals surface area contributed by atoms with E-state index in [1.165, 1.54) is 71.4 Å². The zero-order valence-corrected chi connectivity index (χ0v) is 12.3. The third-order valence-corrected chi connectivity index (χ3v) is 4.67. The molecule has 0 amide bonds. The van der Waals surface area contributed by atoms with Crippen LogP contribution in [0, 0.1) is 5.41 Å². The molecule has 0 atom stereocenters. The van der Waals surface area contributed by atoms with Gasteiger partial charge in [0.05, 0.1) is 0 Å². The molecule has 106 valence electrons. The quantitative estimate of drug-likeness (QED) is 0.747. The van der Waals surface area contributed by atoms with Crippen LogP contribution in [0.25, 0.3) is 0 Å². The first-order valence-corrected chi connectivity index (χ1v) is 7.95. The van der Waals surface area contributed by atoms with Crippen LogP contribution in [0.15, 0.2) is 0 Å². The summed E-state index contributed by atoms with van der Waals surface area (Å²) in [4.78, 5) is 2.71. The SMILES string of the molecule is C1CN(C2CC3(CCNCC3)C2)CCN1.CCC. The summed E-state index contributed by atoms with van der Waals surface area (Å²) in [7, 11) is 0. The summed E-state index contributed by atoms with van der Waals surface area (Å²) in [5.74, 6) is 0. The Morgan fingerprint density at radius 1 is 0.944 bits per heavy atom. The molecule has 1 spiro atoms. The van der Waals surface area contributed by atoms with Gasteiger partial charge in [-0.1, -0.05) is 20.3 Å². The van der Waals surface area contributed by atoms with Gasteiger partial charge in [0.15, 0.2) is 0 Å². The Balaban J connectivity index is 0.000000367. The van der Waals surface area contributed by atoms with E-state index in [0.717, 1.165) is 11.5 Å². The van der Waals surface area contributed by atoms with Crippen LogP contribution < -0.4 is 10.6 Å². The lowest BCUT2D eigenvalue weighted by atomic mass is 9.60. The molecule has 2 N–H and O–H groups in total. The van der Waals surface area contributed by atoms with Crippen LogP contribution in [-0.4, -0.2) is 50.2 Å². The molecule has 2 saturated heterocycles. The van der Waals surface area contributed by atoms with Crippen LogP contribution in [0.3, 0.4) is 0 Å². The maximum Gasteiger partial charge on any atom is 0.0110 e. The summed E-state index contributed by atoms with van der Waals surface area (Å²) in [5.41, 5.74) is 0.751. The van der Waals surface area contributed by atoms with E-state index in [2.05, 4.69) is 29.4 Å². The van der Waals surface area contributed by atoms with Gasteiger partial charge < -0.3 is 10.6 Å². The number of hydrogen-bond acceptors (Lipinski definition) is 3. The van der Waals surface area contributed by atoms with Gasteiger partial charge in [-0.3, -0.25) is 4.90 Å². The van der Waals surface area contributed by atoms with Crippen molar-refractivity contribution in [1.29, 1.82) is 0 Å². The summed E-state index contributed by atoms with van der Waals surface area (Å²) in [6.07, 6.45) is 7.06. The fourth-order valence-corrected chi connectivity index (χ4v) is 3.61. The fourth-order valence-electron chi connectivity index (χ4n) is 3.61. The van der Waals surface area contributed by atoms with E-state index in [1.807, 2.05) is 0 Å². The predicted octanol–water partition coefficient (Wildman–Crippen LogP) is 1.84. The van der Waals surface area contributed by atoms with Crippen molar-refractivity contribution in [1.82, 2.24) is 15.5 Å². The topological polar surface area (TPSA) is 27.3 Å². The summed E-state index contributed by atoms with van der Waals surface area (Å²) < 4.78 is 0. The molecule has 0 bridgehead atoms. The largest absolute Gasteiger partial charge is 0.317 e. The van der Waals surface area contributed by atoms with Crippen LogP contribution in [0.2, 0.25) is 0 Å². The Kier molecular flexibility index (Phi) is 5.46. The van der Waals surface area contributed by atoms with Crippen molar-refractivity contribution >= 4 is 0 Å². The molecular weight excluding hydrogens is 222 g/mol. The van der Waals surface area contributed by atoms with Crippen molar-refractivity contribution in [2.75, 3.05) is 39.3 Å². The number of rotatable bonds is 1. The fraction of sp³-hybridized carbons (Fsp3) is 1.00. The van der Waals surface area contributed by atoms with Gasteiger partial charge in [0.1, 0.15) is 0 Å². The van der Waals surface area contributed by atoms with Crippen LogP contribution in [0.5, 0.6) is 0 Å². The van der Waals surface area contributed by atoms with E-state index in [4.69, 9.17) is 0 Å². The first-order valence-electron chi connectivity index (χ1n) is 7.95. The zero-order valence-electron chi connectivity index (χ0n) is 12.3. The molecule has 3 rings (SSSR count). The molecule has 0 aromatic carbocycles. The van der Waals surface area contributed by atoms with E-state index < -0.39 is 0 Å². The standard InChI is InChI=1S/C12H23N3.C3H8/c1-3-13-4-2-12(1)9-11(10-12)15-7-5-14-6-8-15;1-3-2/h11,13-14H,1-10H2;3H2,1-2H3. The average molecular weight is 253 g/mol. The lowest BCUT2D eigenvalue weighted by Crippen LogP contribution is -2.58. The zero-order chi connectivity index (χ0) is 12.8. The highest BCUT2D eigenvalue weighted by Gasteiger charge is 2.46.